The second-order valence-electron chi connectivity index (χ2n) is 4.75. The predicted molar refractivity (Wildman–Crippen MR) is 76.9 cm³/mol. The maximum atomic E-state index is 4.87. The molecule has 0 unspecified atom stereocenters. The van der Waals surface area contributed by atoms with Crippen LogP contribution in [0, 0.1) is 0 Å². The number of rotatable bonds is 5. The Labute approximate surface area is 112 Å². The van der Waals surface area contributed by atoms with Gasteiger partial charge in [0.1, 0.15) is 5.01 Å². The molecule has 18 heavy (non-hydrogen) atoms. The average Bonchev–Trinajstić information content (AvgIpc) is 3.18. The van der Waals surface area contributed by atoms with Gasteiger partial charge in [0.05, 0.1) is 5.69 Å². The van der Waals surface area contributed by atoms with Crippen molar-refractivity contribution in [3.05, 3.63) is 40.9 Å². The molecule has 0 amide bonds. The minimum Gasteiger partial charge on any atom is -0.312 e. The van der Waals surface area contributed by atoms with Crippen LogP contribution in [0.4, 0.5) is 0 Å². The summed E-state index contributed by atoms with van der Waals surface area (Å²) >= 11 is 1.85. The van der Waals surface area contributed by atoms with E-state index in [9.17, 15) is 0 Å². The van der Waals surface area contributed by atoms with Gasteiger partial charge in [0.15, 0.2) is 0 Å². The lowest BCUT2D eigenvalue weighted by atomic mass is 10.2. The number of nitrogens with zero attached hydrogens (tertiary/aromatic N) is 1. The molecule has 3 heteroatoms. The molecule has 0 saturated heterocycles. The lowest BCUT2D eigenvalue weighted by Crippen LogP contribution is -2.11. The van der Waals surface area contributed by atoms with Crippen LogP contribution in [0.15, 0.2) is 30.3 Å². The summed E-state index contributed by atoms with van der Waals surface area (Å²) in [5.74, 6) is 0.729. The van der Waals surface area contributed by atoms with Gasteiger partial charge in [-0.25, -0.2) is 4.98 Å². The molecule has 94 valence electrons. The topological polar surface area (TPSA) is 24.9 Å². The van der Waals surface area contributed by atoms with Crippen LogP contribution in [-0.4, -0.2) is 11.5 Å². The molecule has 0 spiro atoms. The molecule has 0 aliphatic heterocycles. The van der Waals surface area contributed by atoms with Crippen molar-refractivity contribution in [2.24, 2.45) is 0 Å². The van der Waals surface area contributed by atoms with E-state index in [0.717, 1.165) is 19.0 Å². The van der Waals surface area contributed by atoms with Gasteiger partial charge in [-0.3, -0.25) is 0 Å². The van der Waals surface area contributed by atoms with E-state index in [-0.39, 0.29) is 0 Å². The Bertz CT molecular complexity index is 515. The maximum absolute atomic E-state index is 4.87. The van der Waals surface area contributed by atoms with Crippen LogP contribution in [0.1, 0.15) is 36.3 Å². The maximum Gasteiger partial charge on any atom is 0.123 e. The highest BCUT2D eigenvalue weighted by atomic mass is 32.1. The third kappa shape index (κ3) is 2.47. The van der Waals surface area contributed by atoms with Gasteiger partial charge in [0.25, 0.3) is 0 Å². The molecule has 0 atom stereocenters. The van der Waals surface area contributed by atoms with Crippen molar-refractivity contribution in [2.75, 3.05) is 6.54 Å². The molecular weight excluding hydrogens is 240 g/mol. The SMILES string of the molecule is CCNCc1sc(-c2ccccc2)nc1C1CC1. The molecule has 2 aromatic rings. The first-order chi connectivity index (χ1) is 8.88. The fourth-order valence-electron chi connectivity index (χ4n) is 2.11. The summed E-state index contributed by atoms with van der Waals surface area (Å²) in [5.41, 5.74) is 2.59. The summed E-state index contributed by atoms with van der Waals surface area (Å²) in [6.45, 7) is 4.13. The second-order valence-corrected chi connectivity index (χ2v) is 5.83. The van der Waals surface area contributed by atoms with Gasteiger partial charge in [-0.05, 0) is 19.4 Å². The first-order valence-electron chi connectivity index (χ1n) is 6.64. The Balaban J connectivity index is 1.91. The van der Waals surface area contributed by atoms with Crippen molar-refractivity contribution in [1.82, 2.24) is 10.3 Å². The molecule has 1 aliphatic carbocycles. The monoisotopic (exact) mass is 258 g/mol. The van der Waals surface area contributed by atoms with Crippen molar-refractivity contribution in [1.29, 1.82) is 0 Å². The van der Waals surface area contributed by atoms with Crippen LogP contribution in [0.2, 0.25) is 0 Å². The summed E-state index contributed by atoms with van der Waals surface area (Å²) < 4.78 is 0. The van der Waals surface area contributed by atoms with E-state index in [1.54, 1.807) is 0 Å². The van der Waals surface area contributed by atoms with E-state index in [2.05, 4.69) is 42.6 Å². The molecule has 1 aromatic carbocycles. The lowest BCUT2D eigenvalue weighted by molar-refractivity contribution is 0.727. The Morgan fingerprint density at radius 1 is 1.28 bits per heavy atom. The lowest BCUT2D eigenvalue weighted by Gasteiger charge is -2.00. The van der Waals surface area contributed by atoms with E-state index in [0.29, 0.717) is 0 Å². The predicted octanol–water partition coefficient (Wildman–Crippen LogP) is 3.80. The molecule has 1 fully saturated rings. The van der Waals surface area contributed by atoms with Crippen molar-refractivity contribution >= 4 is 11.3 Å². The van der Waals surface area contributed by atoms with Crippen molar-refractivity contribution in [3.63, 3.8) is 0 Å². The zero-order valence-corrected chi connectivity index (χ0v) is 11.5. The number of benzene rings is 1. The molecule has 0 radical (unpaired) electrons. The zero-order valence-electron chi connectivity index (χ0n) is 10.6. The van der Waals surface area contributed by atoms with E-state index >= 15 is 0 Å². The van der Waals surface area contributed by atoms with Crippen LogP contribution in [0.5, 0.6) is 0 Å². The van der Waals surface area contributed by atoms with E-state index in [1.165, 1.54) is 34.0 Å². The fourth-order valence-corrected chi connectivity index (χ4v) is 3.23. The van der Waals surface area contributed by atoms with Crippen LogP contribution < -0.4 is 5.32 Å². The highest BCUT2D eigenvalue weighted by Gasteiger charge is 2.29. The summed E-state index contributed by atoms with van der Waals surface area (Å²) in [4.78, 5) is 6.30. The molecule has 1 aromatic heterocycles. The quantitative estimate of drug-likeness (QED) is 0.882. The van der Waals surface area contributed by atoms with Crippen molar-refractivity contribution in [2.45, 2.75) is 32.2 Å². The molecule has 1 N–H and O–H groups in total. The minimum atomic E-state index is 0.729. The number of thiazole rings is 1. The molecule has 1 saturated carbocycles. The highest BCUT2D eigenvalue weighted by molar-refractivity contribution is 7.15. The van der Waals surface area contributed by atoms with E-state index < -0.39 is 0 Å². The van der Waals surface area contributed by atoms with Gasteiger partial charge in [-0.2, -0.15) is 0 Å². The number of hydrogen-bond acceptors (Lipinski definition) is 3. The average molecular weight is 258 g/mol. The van der Waals surface area contributed by atoms with Crippen LogP contribution in [-0.2, 0) is 6.54 Å². The standard InChI is InChI=1S/C15H18N2S/c1-2-16-10-13-14(11-8-9-11)17-15(18-13)12-6-4-3-5-7-12/h3-7,11,16H,2,8-10H2,1H3. The minimum absolute atomic E-state index is 0.729. The van der Waals surface area contributed by atoms with Gasteiger partial charge in [-0.15, -0.1) is 11.3 Å². The Morgan fingerprint density at radius 3 is 2.72 bits per heavy atom. The van der Waals surface area contributed by atoms with Gasteiger partial charge < -0.3 is 5.32 Å². The van der Waals surface area contributed by atoms with Crippen LogP contribution in [0.3, 0.4) is 0 Å². The van der Waals surface area contributed by atoms with Gasteiger partial charge in [-0.1, -0.05) is 37.3 Å². The smallest absolute Gasteiger partial charge is 0.123 e. The normalized spacial score (nSPS) is 14.9. The Kier molecular flexibility index (Phi) is 3.43. The summed E-state index contributed by atoms with van der Waals surface area (Å²) in [5, 5.41) is 4.59. The summed E-state index contributed by atoms with van der Waals surface area (Å²) in [6.07, 6.45) is 2.63. The summed E-state index contributed by atoms with van der Waals surface area (Å²) in [6, 6.07) is 10.5. The third-order valence-electron chi connectivity index (χ3n) is 3.25. The van der Waals surface area contributed by atoms with Crippen LogP contribution >= 0.6 is 11.3 Å². The zero-order chi connectivity index (χ0) is 12.4. The van der Waals surface area contributed by atoms with Gasteiger partial charge in [0.2, 0.25) is 0 Å². The summed E-state index contributed by atoms with van der Waals surface area (Å²) in [7, 11) is 0. The molecular formula is C15H18N2S. The fraction of sp³-hybridized carbons (Fsp3) is 0.400. The number of nitrogens with one attached hydrogen (secondary N) is 1. The molecule has 2 nitrogen and oxygen atoms in total. The third-order valence-corrected chi connectivity index (χ3v) is 4.37. The van der Waals surface area contributed by atoms with E-state index in [4.69, 9.17) is 4.98 Å². The molecule has 1 aliphatic rings. The van der Waals surface area contributed by atoms with Crippen LogP contribution in [0.25, 0.3) is 10.6 Å². The number of aromatic nitrogens is 1. The van der Waals surface area contributed by atoms with Gasteiger partial charge in [0, 0.05) is 22.9 Å². The van der Waals surface area contributed by atoms with Crippen molar-refractivity contribution in [3.8, 4) is 10.6 Å². The largest absolute Gasteiger partial charge is 0.312 e. The first-order valence-corrected chi connectivity index (χ1v) is 7.46. The van der Waals surface area contributed by atoms with Gasteiger partial charge >= 0.3 is 0 Å². The Hall–Kier alpha value is -1.19. The number of hydrogen-bond donors (Lipinski definition) is 1. The highest BCUT2D eigenvalue weighted by Crippen LogP contribution is 2.44. The van der Waals surface area contributed by atoms with E-state index in [1.807, 2.05) is 11.3 Å². The van der Waals surface area contributed by atoms with Crippen molar-refractivity contribution < 1.29 is 0 Å². The molecule has 0 bridgehead atoms. The second kappa shape index (κ2) is 5.21. The first kappa shape index (κ1) is 11.9. The molecule has 3 rings (SSSR count). The molecule has 1 heterocycles. The Morgan fingerprint density at radius 2 is 2.06 bits per heavy atom.